The fourth-order valence-electron chi connectivity index (χ4n) is 22.3. The van der Waals surface area contributed by atoms with E-state index in [0.717, 1.165) is 8.63 Å². The first-order valence-electron chi connectivity index (χ1n) is 15.0. The van der Waals surface area contributed by atoms with Gasteiger partial charge in [-0.25, -0.2) is 0 Å². The van der Waals surface area contributed by atoms with Crippen LogP contribution in [0.3, 0.4) is 0 Å². The third-order valence-corrected chi connectivity index (χ3v) is 72.3. The summed E-state index contributed by atoms with van der Waals surface area (Å²) in [6, 6.07) is 19.2. The molecular weight excluding hydrogens is 526 g/mol. The molecule has 0 saturated carbocycles. The van der Waals surface area contributed by atoms with Crippen LogP contribution in [-0.2, 0) is 6.51 Å². The molecule has 2 aromatic carbocycles. The van der Waals surface area contributed by atoms with E-state index in [4.69, 9.17) is 0 Å². The van der Waals surface area contributed by atoms with Crippen LogP contribution in [0.4, 0.5) is 0 Å². The molecule has 5 atom stereocenters. The summed E-state index contributed by atoms with van der Waals surface area (Å²) >= 11 is 0. The normalized spacial score (nSPS) is 64.4. The molecule has 0 bridgehead atoms. The van der Waals surface area contributed by atoms with E-state index in [0.29, 0.717) is 10.3 Å². The van der Waals surface area contributed by atoms with Crippen LogP contribution in [0, 0.1) is 13.8 Å². The number of hydrogen-bond donors (Lipinski definition) is 0. The van der Waals surface area contributed by atoms with Crippen molar-refractivity contribution in [2.24, 2.45) is 0 Å². The van der Waals surface area contributed by atoms with Gasteiger partial charge in [0.15, 0.2) is 0 Å². The predicted molar refractivity (Wildman–Crippen MR) is 160 cm³/mol. The van der Waals surface area contributed by atoms with E-state index in [9.17, 15) is 0 Å². The predicted octanol–water partition coefficient (Wildman–Crippen LogP) is 9.94. The minimum atomic E-state index is -3.51. The van der Waals surface area contributed by atoms with Crippen molar-refractivity contribution in [2.45, 2.75) is 113 Å². The maximum atomic E-state index is 2.62. The van der Waals surface area contributed by atoms with Crippen LogP contribution in [0.15, 0.2) is 48.5 Å². The van der Waals surface area contributed by atoms with Gasteiger partial charge in [-0.3, -0.25) is 0 Å². The minimum absolute atomic E-state index is 0.0156. The van der Waals surface area contributed by atoms with E-state index in [1.807, 2.05) is 0 Å². The average molecular weight is 571 g/mol. The summed E-state index contributed by atoms with van der Waals surface area (Å²) in [4.78, 5) is 11.1. The van der Waals surface area contributed by atoms with E-state index < -0.39 is 6.51 Å². The second kappa shape index (κ2) is 2.98. The van der Waals surface area contributed by atoms with Crippen LogP contribution in [0.1, 0.15) is 52.7 Å². The quantitative estimate of drug-likeness (QED) is 0.240. The maximum absolute atomic E-state index is 3.51. The van der Waals surface area contributed by atoms with Crippen LogP contribution in [0.2, 0.25) is 47.2 Å². The molecule has 0 aliphatic carbocycles. The second-order valence-electron chi connectivity index (χ2n) is 19.1. The Morgan fingerprint density at radius 2 is 1.03 bits per heavy atom. The van der Waals surface area contributed by atoms with Gasteiger partial charge in [0.2, 0.25) is 0 Å². The van der Waals surface area contributed by atoms with Crippen LogP contribution < -0.4 is 10.6 Å². The van der Waals surface area contributed by atoms with Crippen molar-refractivity contribution in [1.29, 1.82) is 0 Å². The molecule has 12 rings (SSSR count). The molecule has 10 heterocycles. The zero-order valence-corrected chi connectivity index (χ0v) is 26.8. The first kappa shape index (κ1) is 20.7. The Morgan fingerprint density at radius 1 is 0.622 bits per heavy atom. The molecule has 0 aromatic heterocycles. The monoisotopic (exact) mass is 570 g/mol. The summed E-state index contributed by atoms with van der Waals surface area (Å²) < 4.78 is 1.86. The molecule has 3 heteroatoms. The summed E-state index contributed by atoms with van der Waals surface area (Å²) in [5.74, 6) is 0. The van der Waals surface area contributed by atoms with Crippen molar-refractivity contribution >= 4 is 26.5 Å². The van der Waals surface area contributed by atoms with Crippen molar-refractivity contribution in [3.8, 4) is 0 Å². The molecule has 10 saturated heterocycles. The Hall–Kier alpha value is -0.181. The van der Waals surface area contributed by atoms with Gasteiger partial charge in [-0.05, 0) is 0 Å². The Labute approximate surface area is 217 Å². The zero-order chi connectivity index (χ0) is 25.5. The molecule has 5 unspecified atom stereocenters. The summed E-state index contributed by atoms with van der Waals surface area (Å²) in [7, 11) is -0.254. The Kier molecular flexibility index (Phi) is 1.66. The van der Waals surface area contributed by atoms with E-state index in [1.54, 1.807) is 34.1 Å². The molecule has 1 spiro atoms. The van der Waals surface area contributed by atoms with Crippen molar-refractivity contribution in [2.75, 3.05) is 12.3 Å². The average Bonchev–Trinajstić information content (AvgIpc) is 3.76. The second-order valence-corrected chi connectivity index (χ2v) is 48.6. The summed E-state index contributed by atoms with van der Waals surface area (Å²) in [6.07, 6.45) is 3.33. The molecule has 0 radical (unpaired) electrons. The Morgan fingerprint density at radius 3 is 1.38 bits per heavy atom. The van der Waals surface area contributed by atoms with Gasteiger partial charge in [0.1, 0.15) is 0 Å². The van der Waals surface area contributed by atoms with Gasteiger partial charge in [-0.1, -0.05) is 0 Å². The molecule has 198 valence electrons. The zero-order valence-electron chi connectivity index (χ0n) is 23.9. The summed E-state index contributed by atoms with van der Waals surface area (Å²) in [5, 5.41) is 4.42. The van der Waals surface area contributed by atoms with Gasteiger partial charge in [-0.15, -0.1) is 0 Å². The van der Waals surface area contributed by atoms with Crippen molar-refractivity contribution in [3.63, 3.8) is 0 Å². The first-order valence-corrected chi connectivity index (χ1v) is 24.3. The van der Waals surface area contributed by atoms with Crippen LogP contribution in [0.25, 0.3) is 0 Å². The van der Waals surface area contributed by atoms with Crippen molar-refractivity contribution in [1.82, 2.24) is 0 Å². The SMILES string of the molecule is Cc1ccccc1P(C[C]12[CH]3[CH]4[CH]5[C]1(CP(C(C)(C)C)C(C)(C)C)[Fe]43521678[CH]2[CH]1[CH]6[CH]7[CH]28)c1ccccc1C. The van der Waals surface area contributed by atoms with Gasteiger partial charge in [-0.2, -0.15) is 0 Å². The molecule has 2 aromatic rings. The molecular formula is C34H44FeP2. The van der Waals surface area contributed by atoms with Crippen molar-refractivity contribution in [3.05, 3.63) is 59.7 Å². The molecule has 0 amide bonds. The Balaban J connectivity index is 1.10. The van der Waals surface area contributed by atoms with Crippen molar-refractivity contribution < 1.29 is 6.51 Å². The number of rotatable bonds is 6. The van der Waals surface area contributed by atoms with Gasteiger partial charge < -0.3 is 0 Å². The topological polar surface area (TPSA) is 0 Å². The van der Waals surface area contributed by atoms with E-state index in [1.165, 1.54) is 38.5 Å². The van der Waals surface area contributed by atoms with Crippen LogP contribution >= 0.6 is 15.8 Å². The Bertz CT molecular complexity index is 1820. The summed E-state index contributed by atoms with van der Waals surface area (Å²) in [6.45, 7) is 17.0. The number of aryl methyl sites for hydroxylation is 2. The van der Waals surface area contributed by atoms with Gasteiger partial charge in [0, 0.05) is 0 Å². The van der Waals surface area contributed by atoms with Gasteiger partial charge in [0.05, 0.1) is 0 Å². The van der Waals surface area contributed by atoms with E-state index >= 15 is 0 Å². The number of hydrogen-bond acceptors (Lipinski definition) is 0. The molecule has 10 aliphatic rings. The van der Waals surface area contributed by atoms with Crippen LogP contribution in [-0.4, -0.2) is 22.6 Å². The number of fused-ring (bicyclic) bond motifs is 10. The van der Waals surface area contributed by atoms with Gasteiger partial charge >= 0.3 is 218 Å². The molecule has 0 N–H and O–H groups in total. The molecule has 10 fully saturated rings. The third kappa shape index (κ3) is 0.527. The summed E-state index contributed by atoms with van der Waals surface area (Å²) in [5.41, 5.74) is 3.12. The van der Waals surface area contributed by atoms with E-state index in [-0.39, 0.29) is 15.8 Å². The standard InChI is InChI=1S/C29H39P2.C5H5.Fe/c1-22-14-9-11-18-26(22)30(27-19-12-10-15-23(27)2)20-24-16-13-17-25(24)21-31(28(3,4)5)29(6,7)8;1-2-4-5-3-1;/h9-19H,20-21H2,1-8H3;1-5H;. The number of benzene rings is 2. The fraction of sp³-hybridized carbons (Fsp3) is 0.647. The van der Waals surface area contributed by atoms with Crippen LogP contribution in [0.5, 0.6) is 0 Å². The third-order valence-electron chi connectivity index (χ3n) is 20.7. The fourth-order valence-corrected chi connectivity index (χ4v) is 112. The first-order chi connectivity index (χ1) is 17.2. The molecule has 10 aliphatic heterocycles. The molecule has 0 nitrogen and oxygen atoms in total. The van der Waals surface area contributed by atoms with Gasteiger partial charge in [0.25, 0.3) is 0 Å². The molecule has 37 heavy (non-hydrogen) atoms. The van der Waals surface area contributed by atoms with E-state index in [2.05, 4.69) is 104 Å².